The maximum absolute atomic E-state index is 6.68. The van der Waals surface area contributed by atoms with Crippen molar-refractivity contribution in [2.75, 3.05) is 9.80 Å². The summed E-state index contributed by atoms with van der Waals surface area (Å²) in [6.45, 7) is 9.40. The molecule has 6 heteroatoms. The number of anilines is 6. The predicted molar refractivity (Wildman–Crippen MR) is 531 cm³/mol. The van der Waals surface area contributed by atoms with E-state index in [1.54, 1.807) is 0 Å². The van der Waals surface area contributed by atoms with Gasteiger partial charge in [0.05, 0.1) is 0 Å². The summed E-state index contributed by atoms with van der Waals surface area (Å²) in [6.07, 6.45) is 0. The Morgan fingerprint density at radius 1 is 0.185 bits per heavy atom. The van der Waals surface area contributed by atoms with E-state index in [4.69, 9.17) is 8.83 Å². The quantitative estimate of drug-likeness (QED) is 0.0433. The number of benzene rings is 20. The van der Waals surface area contributed by atoms with Crippen LogP contribution in [0.5, 0.6) is 0 Å². The molecule has 0 aliphatic carbocycles. The molecule has 0 fully saturated rings. The first-order chi connectivity index (χ1) is 61.1. The van der Waals surface area contributed by atoms with Crippen molar-refractivity contribution in [1.29, 1.82) is 0 Å². The SMILES string of the molecule is CC(C)c1cc(-c2ccc(N(c3cccc(-c4ccc([Si](c5ccccc5)(c5ccccc5)c5ccccc5)cc4)c3)c3ccc4c(c3)oc3ccccc34)cc2)c2ccc3c(C(C)C)cc(-c4ccc(N(c5cccc(-c6ccc([Si](c7ccccc7)(c7ccccc7)c7ccccc7)cc6)c5)c5ccc6c(c5)oc5ccccc56)cc4)c4ccc1c2c43. The van der Waals surface area contributed by atoms with E-state index in [-0.39, 0.29) is 11.8 Å². The van der Waals surface area contributed by atoms with Gasteiger partial charge < -0.3 is 18.6 Å². The molecule has 4 nitrogen and oxygen atoms in total. The molecule has 20 aromatic carbocycles. The standard InChI is InChI=1S/C118H88N2O2Si2/c1-79(2)109-77-111(83-49-57-87(58-50-83)119(91-61-67-103-101-45-23-25-47-113(101)121-115(103)75-91)89-31-27-29-85(73-89)81-53-63-99(64-54-81)123(93-33-11-5-12-34-93,94-35-13-6-14-36-94)95-37-15-7-16-38-95)107-72-70-106-110(80(3)4)78-112(108-71-69-105(109)117(107)118(106)108)84-51-59-88(60-52-84)120(92-62-68-104-102-46-24-26-48-114(102)122-116(104)76-92)90-32-28-30-86(74-90)82-55-65-100(66-56-82)124(96-39-17-8-18-40-96,97-41-19-9-20-42-97)98-43-21-10-22-44-98/h5-80H,1-4H3. The predicted octanol–water partition coefficient (Wildman–Crippen LogP) is 27.0. The molecule has 2 aromatic heterocycles. The Bertz CT molecular complexity index is 7030. The molecule has 0 atom stereocenters. The molecule has 0 aliphatic heterocycles. The minimum atomic E-state index is -2.75. The smallest absolute Gasteiger partial charge is 0.179 e. The fourth-order valence-electron chi connectivity index (χ4n) is 20.3. The van der Waals surface area contributed by atoms with Gasteiger partial charge in [0, 0.05) is 67.8 Å². The number of nitrogens with zero attached hydrogens (tertiary/aromatic N) is 2. The van der Waals surface area contributed by atoms with Crippen LogP contribution in [0.4, 0.5) is 34.1 Å². The summed E-state index contributed by atoms with van der Waals surface area (Å²) in [5.41, 5.74) is 21.6. The van der Waals surface area contributed by atoms with E-state index in [0.717, 1.165) is 111 Å². The first kappa shape index (κ1) is 75.3. The van der Waals surface area contributed by atoms with E-state index in [0.29, 0.717) is 0 Å². The van der Waals surface area contributed by atoms with Crippen LogP contribution in [0.2, 0.25) is 0 Å². The second-order valence-electron chi connectivity index (χ2n) is 33.7. The first-order valence-corrected chi connectivity index (χ1v) is 47.3. The van der Waals surface area contributed by atoms with E-state index >= 15 is 0 Å². The second kappa shape index (κ2) is 31.3. The van der Waals surface area contributed by atoms with Crippen molar-refractivity contribution in [3.63, 3.8) is 0 Å². The Morgan fingerprint density at radius 2 is 0.452 bits per heavy atom. The van der Waals surface area contributed by atoms with Gasteiger partial charge in [-0.2, -0.15) is 0 Å². The summed E-state index contributed by atoms with van der Waals surface area (Å²) < 4.78 is 13.4. The van der Waals surface area contributed by atoms with Crippen molar-refractivity contribution in [2.24, 2.45) is 0 Å². The van der Waals surface area contributed by atoms with Crippen LogP contribution in [-0.4, -0.2) is 16.1 Å². The van der Waals surface area contributed by atoms with Crippen LogP contribution in [0.3, 0.4) is 0 Å². The summed E-state index contributed by atoms with van der Waals surface area (Å²) in [7, 11) is -5.49. The minimum absolute atomic E-state index is 0.246. The average molecular weight is 1620 g/mol. The molecule has 0 spiro atoms. The number of fused-ring (bicyclic) bond motifs is 6. The molecule has 590 valence electrons. The van der Waals surface area contributed by atoms with Gasteiger partial charge in [0.2, 0.25) is 0 Å². The number of furan rings is 2. The number of rotatable bonds is 20. The highest BCUT2D eigenvalue weighted by Crippen LogP contribution is 2.50. The van der Waals surface area contributed by atoms with Crippen molar-refractivity contribution >= 4 is 168 Å². The van der Waals surface area contributed by atoms with Crippen molar-refractivity contribution in [3.05, 3.63) is 460 Å². The normalized spacial score (nSPS) is 12.0. The van der Waals surface area contributed by atoms with E-state index in [2.05, 4.69) is 474 Å². The van der Waals surface area contributed by atoms with Crippen LogP contribution in [0.25, 0.3) is 121 Å². The van der Waals surface area contributed by atoms with E-state index < -0.39 is 16.1 Å². The highest BCUT2D eigenvalue weighted by Gasteiger charge is 2.43. The molecule has 0 unspecified atom stereocenters. The molecule has 0 N–H and O–H groups in total. The van der Waals surface area contributed by atoms with Gasteiger partial charge in [0.1, 0.15) is 22.3 Å². The summed E-state index contributed by atoms with van der Waals surface area (Å²) in [4.78, 5) is 4.79. The fourth-order valence-corrected chi connectivity index (χ4v) is 29.8. The van der Waals surface area contributed by atoms with Crippen LogP contribution < -0.4 is 51.3 Å². The van der Waals surface area contributed by atoms with Crippen molar-refractivity contribution in [3.8, 4) is 44.5 Å². The van der Waals surface area contributed by atoms with Crippen LogP contribution in [0.1, 0.15) is 50.7 Å². The van der Waals surface area contributed by atoms with E-state index in [1.807, 2.05) is 12.1 Å². The Labute approximate surface area is 725 Å². The third kappa shape index (κ3) is 12.8. The highest BCUT2D eigenvalue weighted by molar-refractivity contribution is 7.20. The Hall–Kier alpha value is -14.9. The molecule has 0 aliphatic rings. The largest absolute Gasteiger partial charge is 0.456 e. The summed E-state index contributed by atoms with van der Waals surface area (Å²) >= 11 is 0. The van der Waals surface area contributed by atoms with Gasteiger partial charge in [0.25, 0.3) is 0 Å². The average Bonchev–Trinajstić information content (AvgIpc) is 0.796. The molecule has 22 rings (SSSR count). The molecule has 0 bridgehead atoms. The van der Waals surface area contributed by atoms with Crippen LogP contribution >= 0.6 is 0 Å². The monoisotopic (exact) mass is 1620 g/mol. The summed E-state index contributed by atoms with van der Waals surface area (Å²) in [5, 5.41) is 22.9. The van der Waals surface area contributed by atoms with Gasteiger partial charge >= 0.3 is 0 Å². The van der Waals surface area contributed by atoms with Crippen LogP contribution in [-0.2, 0) is 0 Å². The lowest BCUT2D eigenvalue weighted by atomic mass is 9.81. The highest BCUT2D eigenvalue weighted by atomic mass is 28.3. The Kier molecular flexibility index (Phi) is 19.0. The molecule has 0 saturated heterocycles. The summed E-state index contributed by atoms with van der Waals surface area (Å²) in [6, 6.07) is 167. The molecule has 22 aromatic rings. The van der Waals surface area contributed by atoms with Gasteiger partial charge in [-0.15, -0.1) is 0 Å². The van der Waals surface area contributed by atoms with Gasteiger partial charge in [-0.05, 0) is 238 Å². The third-order valence-electron chi connectivity index (χ3n) is 26.1. The van der Waals surface area contributed by atoms with Gasteiger partial charge in [-0.25, -0.2) is 0 Å². The molecule has 2 heterocycles. The van der Waals surface area contributed by atoms with Gasteiger partial charge in [0.15, 0.2) is 16.1 Å². The number of hydrogen-bond acceptors (Lipinski definition) is 4. The van der Waals surface area contributed by atoms with Crippen molar-refractivity contribution < 1.29 is 8.83 Å². The van der Waals surface area contributed by atoms with Gasteiger partial charge in [-0.1, -0.05) is 367 Å². The fraction of sp³-hybridized carbons (Fsp3) is 0.0508. The van der Waals surface area contributed by atoms with Crippen molar-refractivity contribution in [1.82, 2.24) is 0 Å². The Morgan fingerprint density at radius 3 is 0.782 bits per heavy atom. The molecule has 0 saturated carbocycles. The van der Waals surface area contributed by atoms with E-state index in [9.17, 15) is 0 Å². The zero-order chi connectivity index (χ0) is 83.0. The van der Waals surface area contributed by atoms with Crippen LogP contribution in [0.15, 0.2) is 458 Å². The number of para-hydroxylation sites is 2. The van der Waals surface area contributed by atoms with Crippen molar-refractivity contribution in [2.45, 2.75) is 39.5 Å². The molecular formula is C118H88N2O2Si2. The zero-order valence-corrected chi connectivity index (χ0v) is 71.6. The zero-order valence-electron chi connectivity index (χ0n) is 69.6. The lowest BCUT2D eigenvalue weighted by Gasteiger charge is -2.34. The molecule has 0 radical (unpaired) electrons. The Balaban J connectivity index is 0.637. The molecule has 0 amide bonds. The molecular weight excluding hydrogens is 1530 g/mol. The second-order valence-corrected chi connectivity index (χ2v) is 41.3. The first-order valence-electron chi connectivity index (χ1n) is 43.3. The lowest BCUT2D eigenvalue weighted by Crippen LogP contribution is -2.74. The maximum Gasteiger partial charge on any atom is 0.179 e. The maximum atomic E-state index is 6.68. The topological polar surface area (TPSA) is 32.8 Å². The third-order valence-corrected chi connectivity index (χ3v) is 35.7. The molecule has 124 heavy (non-hydrogen) atoms. The van der Waals surface area contributed by atoms with E-state index in [1.165, 1.54) is 96.1 Å². The van der Waals surface area contributed by atoms with Crippen LogP contribution in [0, 0.1) is 0 Å². The minimum Gasteiger partial charge on any atom is -0.456 e. The van der Waals surface area contributed by atoms with Gasteiger partial charge in [-0.3, -0.25) is 0 Å². The summed E-state index contributed by atoms with van der Waals surface area (Å²) in [5.74, 6) is 0.492. The lowest BCUT2D eigenvalue weighted by molar-refractivity contribution is 0.668. The number of hydrogen-bond donors (Lipinski definition) is 0.